The Bertz CT molecular complexity index is 1080. The molecule has 10 nitrogen and oxygen atoms in total. The number of benzene rings is 1. The molecule has 194 valence electrons. The van der Waals surface area contributed by atoms with Gasteiger partial charge in [-0.05, 0) is 24.8 Å². The Hall–Kier alpha value is -3.56. The van der Waals surface area contributed by atoms with Gasteiger partial charge in [0.1, 0.15) is 6.04 Å². The number of amides is 4. The number of rotatable bonds is 13. The summed E-state index contributed by atoms with van der Waals surface area (Å²) in [5, 5.41) is 13.1. The lowest BCUT2D eigenvalue weighted by molar-refractivity contribution is -0.135. The molecule has 1 saturated heterocycles. The first-order valence-electron chi connectivity index (χ1n) is 12.5. The summed E-state index contributed by atoms with van der Waals surface area (Å²) < 4.78 is 5.64. The summed E-state index contributed by atoms with van der Waals surface area (Å²) in [5.74, 6) is -1.71. The lowest BCUT2D eigenvalue weighted by Gasteiger charge is -2.27. The molecule has 1 aromatic heterocycles. The van der Waals surface area contributed by atoms with Crippen LogP contribution in [0.1, 0.15) is 80.6 Å². The molecule has 1 aromatic carbocycles. The molecule has 2 N–H and O–H groups in total. The zero-order valence-electron chi connectivity index (χ0n) is 21.4. The van der Waals surface area contributed by atoms with Crippen molar-refractivity contribution in [2.24, 2.45) is 5.92 Å². The average Bonchev–Trinajstić information content (AvgIpc) is 3.43. The smallest absolute Gasteiger partial charge is 0.325 e. The van der Waals surface area contributed by atoms with Crippen molar-refractivity contribution in [3.05, 3.63) is 47.2 Å². The normalized spacial score (nSPS) is 15.2. The largest absolute Gasteiger partial charge is 0.418 e. The summed E-state index contributed by atoms with van der Waals surface area (Å²) in [4.78, 5) is 52.1. The highest BCUT2D eigenvalue weighted by Gasteiger charge is 2.40. The van der Waals surface area contributed by atoms with Gasteiger partial charge >= 0.3 is 6.03 Å². The molecule has 2 aromatic rings. The van der Waals surface area contributed by atoms with Crippen LogP contribution in [-0.2, 0) is 16.0 Å². The van der Waals surface area contributed by atoms with Crippen LogP contribution in [0.2, 0.25) is 0 Å². The maximum Gasteiger partial charge on any atom is 0.325 e. The number of nitrogens with one attached hydrogen (secondary N) is 2. The molecule has 1 unspecified atom stereocenters. The topological polar surface area (TPSA) is 134 Å². The molecule has 1 fully saturated rings. The fourth-order valence-corrected chi connectivity index (χ4v) is 4.23. The van der Waals surface area contributed by atoms with E-state index in [2.05, 4.69) is 27.8 Å². The maximum absolute atomic E-state index is 13.3. The first-order chi connectivity index (χ1) is 17.2. The Morgan fingerprint density at radius 3 is 2.58 bits per heavy atom. The zero-order chi connectivity index (χ0) is 26.2. The molecule has 4 amide bonds. The number of urea groups is 1. The van der Waals surface area contributed by atoms with Crippen LogP contribution >= 0.6 is 0 Å². The van der Waals surface area contributed by atoms with Crippen LogP contribution in [0.5, 0.6) is 0 Å². The number of imide groups is 1. The molecule has 0 saturated carbocycles. The van der Waals surface area contributed by atoms with E-state index in [0.29, 0.717) is 25.2 Å². The Balaban J connectivity index is 1.73. The number of aromatic nitrogens is 2. The third-order valence-electron chi connectivity index (χ3n) is 6.19. The molecule has 1 aliphatic rings. The number of Topliss-reactive ketones (excluding diaryl/α,β-unsaturated/α-hetero) is 1. The van der Waals surface area contributed by atoms with E-state index in [9.17, 15) is 19.2 Å². The highest BCUT2D eigenvalue weighted by Crippen LogP contribution is 2.18. The van der Waals surface area contributed by atoms with Gasteiger partial charge in [0.25, 0.3) is 11.8 Å². The van der Waals surface area contributed by atoms with E-state index in [1.54, 1.807) is 13.8 Å². The fourth-order valence-electron chi connectivity index (χ4n) is 4.23. The number of hydrogen-bond acceptors (Lipinski definition) is 7. The quantitative estimate of drug-likeness (QED) is 0.246. The Labute approximate surface area is 211 Å². The number of aryl methyl sites for hydroxylation is 1. The standard InChI is InChI=1S/C26H35N5O5/c1-5-6-7-8-12-19(31-21(32)15-27-26(31)35)24(34)28-22(16(2)3)23(33)25-30-29-20(36-25)14-18-11-9-10-17(4)13-18/h9-11,13,16,19,22H,5-8,12,14-15H2,1-4H3,(H,27,35)(H,28,34)/t19?,22-/m0/s1. The van der Waals surface area contributed by atoms with E-state index >= 15 is 0 Å². The summed E-state index contributed by atoms with van der Waals surface area (Å²) in [6.07, 6.45) is 4.26. The minimum absolute atomic E-state index is 0.143. The molecule has 2 heterocycles. The predicted molar refractivity (Wildman–Crippen MR) is 132 cm³/mol. The number of hydrogen-bond donors (Lipinski definition) is 2. The first kappa shape index (κ1) is 27.0. The second-order valence-electron chi connectivity index (χ2n) is 9.55. The van der Waals surface area contributed by atoms with E-state index in [1.165, 1.54) is 0 Å². The van der Waals surface area contributed by atoms with Gasteiger partial charge in [0.05, 0.1) is 19.0 Å². The van der Waals surface area contributed by atoms with Gasteiger partial charge in [0, 0.05) is 0 Å². The maximum atomic E-state index is 13.3. The third kappa shape index (κ3) is 6.77. The van der Waals surface area contributed by atoms with Gasteiger partial charge in [-0.3, -0.25) is 19.3 Å². The molecule has 0 spiro atoms. The Morgan fingerprint density at radius 1 is 1.17 bits per heavy atom. The molecule has 0 aliphatic carbocycles. The van der Waals surface area contributed by atoms with Crippen molar-refractivity contribution in [1.29, 1.82) is 0 Å². The van der Waals surface area contributed by atoms with Crippen LogP contribution in [0.15, 0.2) is 28.7 Å². The predicted octanol–water partition coefficient (Wildman–Crippen LogP) is 3.18. The number of nitrogens with zero attached hydrogens (tertiary/aromatic N) is 3. The molecule has 0 bridgehead atoms. The summed E-state index contributed by atoms with van der Waals surface area (Å²) in [6, 6.07) is 5.31. The molecular formula is C26H35N5O5. The molecule has 10 heteroatoms. The van der Waals surface area contributed by atoms with Gasteiger partial charge in [-0.15, -0.1) is 10.2 Å². The second kappa shape index (κ2) is 12.4. The number of unbranched alkanes of at least 4 members (excludes halogenated alkanes) is 3. The van der Waals surface area contributed by atoms with E-state index in [-0.39, 0.29) is 18.4 Å². The first-order valence-corrected chi connectivity index (χ1v) is 12.5. The van der Waals surface area contributed by atoms with Crippen LogP contribution in [-0.4, -0.2) is 57.4 Å². The van der Waals surface area contributed by atoms with Crippen LogP contribution in [0.4, 0.5) is 4.79 Å². The summed E-state index contributed by atoms with van der Waals surface area (Å²) in [5.41, 5.74) is 2.08. The lowest BCUT2D eigenvalue weighted by Crippen LogP contribution is -2.54. The van der Waals surface area contributed by atoms with E-state index in [4.69, 9.17) is 4.42 Å². The molecular weight excluding hydrogens is 462 g/mol. The fraction of sp³-hybridized carbons (Fsp3) is 0.538. The van der Waals surface area contributed by atoms with Gasteiger partial charge in [-0.25, -0.2) is 4.79 Å². The van der Waals surface area contributed by atoms with Crippen LogP contribution < -0.4 is 10.6 Å². The van der Waals surface area contributed by atoms with Gasteiger partial charge < -0.3 is 15.1 Å². The van der Waals surface area contributed by atoms with E-state index < -0.39 is 35.7 Å². The molecule has 1 aliphatic heterocycles. The summed E-state index contributed by atoms with van der Waals surface area (Å²) in [6.45, 7) is 7.49. The van der Waals surface area contributed by atoms with Gasteiger partial charge in [-0.2, -0.15) is 0 Å². The van der Waals surface area contributed by atoms with Gasteiger partial charge in [-0.1, -0.05) is 76.3 Å². The number of carbonyl (C=O) groups excluding carboxylic acids is 4. The monoisotopic (exact) mass is 497 g/mol. The minimum Gasteiger partial charge on any atom is -0.418 e. The molecule has 3 rings (SSSR count). The zero-order valence-corrected chi connectivity index (χ0v) is 21.4. The van der Waals surface area contributed by atoms with E-state index in [1.807, 2.05) is 31.2 Å². The van der Waals surface area contributed by atoms with Gasteiger partial charge in [0.15, 0.2) is 0 Å². The van der Waals surface area contributed by atoms with Crippen LogP contribution in [0.3, 0.4) is 0 Å². The van der Waals surface area contributed by atoms with Crippen molar-refractivity contribution >= 4 is 23.6 Å². The molecule has 2 atom stereocenters. The van der Waals surface area contributed by atoms with Crippen molar-refractivity contribution < 1.29 is 23.6 Å². The highest BCUT2D eigenvalue weighted by atomic mass is 16.4. The molecule has 36 heavy (non-hydrogen) atoms. The van der Waals surface area contributed by atoms with E-state index in [0.717, 1.165) is 35.3 Å². The van der Waals surface area contributed by atoms with Crippen LogP contribution in [0, 0.1) is 12.8 Å². The van der Waals surface area contributed by atoms with Crippen molar-refractivity contribution in [3.8, 4) is 0 Å². The van der Waals surface area contributed by atoms with Crippen molar-refractivity contribution in [1.82, 2.24) is 25.7 Å². The Morgan fingerprint density at radius 2 is 1.94 bits per heavy atom. The van der Waals surface area contributed by atoms with Gasteiger partial charge in [0.2, 0.25) is 17.6 Å². The summed E-state index contributed by atoms with van der Waals surface area (Å²) in [7, 11) is 0. The average molecular weight is 498 g/mol. The number of ketones is 1. The van der Waals surface area contributed by atoms with Crippen molar-refractivity contribution in [2.75, 3.05) is 6.54 Å². The summed E-state index contributed by atoms with van der Waals surface area (Å²) >= 11 is 0. The SMILES string of the molecule is CCCCCCC(C(=O)N[C@H](C(=O)c1nnc(Cc2cccc(C)c2)o1)C(C)C)N1C(=O)CNC1=O. The minimum atomic E-state index is -0.995. The van der Waals surface area contributed by atoms with Crippen LogP contribution in [0.25, 0.3) is 0 Å². The van der Waals surface area contributed by atoms with Crippen molar-refractivity contribution in [3.63, 3.8) is 0 Å². The molecule has 0 radical (unpaired) electrons. The highest BCUT2D eigenvalue weighted by molar-refractivity contribution is 6.06. The lowest BCUT2D eigenvalue weighted by atomic mass is 9.98. The third-order valence-corrected chi connectivity index (χ3v) is 6.19. The number of carbonyl (C=O) groups is 4. The Kier molecular flexibility index (Phi) is 9.32. The van der Waals surface area contributed by atoms with Crippen molar-refractivity contribution in [2.45, 2.75) is 78.3 Å². The second-order valence-corrected chi connectivity index (χ2v) is 9.55.